The van der Waals surface area contributed by atoms with Gasteiger partial charge in [0.2, 0.25) is 0 Å². The second kappa shape index (κ2) is 5.33. The van der Waals surface area contributed by atoms with Crippen molar-refractivity contribution in [3.05, 3.63) is 18.0 Å². The zero-order chi connectivity index (χ0) is 13.2. The molecule has 2 atom stereocenters. The van der Waals surface area contributed by atoms with Crippen molar-refractivity contribution in [3.63, 3.8) is 0 Å². The van der Waals surface area contributed by atoms with Crippen LogP contribution in [0.4, 0.5) is 0 Å². The van der Waals surface area contributed by atoms with Gasteiger partial charge in [0.15, 0.2) is 0 Å². The van der Waals surface area contributed by atoms with Crippen LogP contribution in [0.2, 0.25) is 0 Å². The molecule has 0 spiro atoms. The third-order valence-electron chi connectivity index (χ3n) is 4.56. The maximum atomic E-state index is 12.5. The van der Waals surface area contributed by atoms with Crippen LogP contribution in [0.15, 0.2) is 12.3 Å². The zero-order valence-corrected chi connectivity index (χ0v) is 11.5. The number of rotatable bonds is 3. The number of nitrogens with one attached hydrogen (secondary N) is 1. The number of carbonyl (C=O) groups excluding carboxylic acids is 1. The largest absolute Gasteiger partial charge is 0.333 e. The van der Waals surface area contributed by atoms with Crippen LogP contribution in [0.1, 0.15) is 43.1 Å². The van der Waals surface area contributed by atoms with Gasteiger partial charge in [0.25, 0.3) is 5.91 Å². The van der Waals surface area contributed by atoms with Crippen molar-refractivity contribution in [3.8, 4) is 0 Å². The molecule has 1 aromatic rings. The third kappa shape index (κ3) is 2.27. The van der Waals surface area contributed by atoms with Crippen LogP contribution in [0.25, 0.3) is 0 Å². The van der Waals surface area contributed by atoms with E-state index in [1.165, 1.54) is 19.4 Å². The summed E-state index contributed by atoms with van der Waals surface area (Å²) in [5.74, 6) is 0.114. The van der Waals surface area contributed by atoms with Gasteiger partial charge in [0.1, 0.15) is 5.69 Å². The number of hydrogen-bond donors (Lipinski definition) is 1. The van der Waals surface area contributed by atoms with Gasteiger partial charge in [-0.05, 0) is 44.8 Å². The molecule has 0 saturated carbocycles. The SMILES string of the molecule is CCN1CCC[C@@H]1[C@H]1CCCN1C(=O)c1ccn[nH]1. The molecule has 1 aromatic heterocycles. The lowest BCUT2D eigenvalue weighted by Gasteiger charge is -2.34. The van der Waals surface area contributed by atoms with E-state index >= 15 is 0 Å². The van der Waals surface area contributed by atoms with E-state index in [0.29, 0.717) is 17.8 Å². The first kappa shape index (κ1) is 12.7. The molecule has 0 radical (unpaired) electrons. The smallest absolute Gasteiger partial charge is 0.272 e. The van der Waals surface area contributed by atoms with E-state index in [2.05, 4.69) is 26.9 Å². The molecule has 104 valence electrons. The summed E-state index contributed by atoms with van der Waals surface area (Å²) in [5, 5.41) is 6.68. The number of aromatic nitrogens is 2. The molecule has 2 aliphatic heterocycles. The van der Waals surface area contributed by atoms with Crippen LogP contribution >= 0.6 is 0 Å². The summed E-state index contributed by atoms with van der Waals surface area (Å²) in [6.07, 6.45) is 6.40. The van der Waals surface area contributed by atoms with Crippen molar-refractivity contribution >= 4 is 5.91 Å². The van der Waals surface area contributed by atoms with Gasteiger partial charge in [-0.3, -0.25) is 14.8 Å². The molecule has 0 aliphatic carbocycles. The summed E-state index contributed by atoms with van der Waals surface area (Å²) in [4.78, 5) is 17.1. The van der Waals surface area contributed by atoms with Crippen molar-refractivity contribution in [2.75, 3.05) is 19.6 Å². The molecule has 0 aromatic carbocycles. The Morgan fingerprint density at radius 1 is 1.37 bits per heavy atom. The third-order valence-corrected chi connectivity index (χ3v) is 4.56. The van der Waals surface area contributed by atoms with E-state index in [1.807, 2.05) is 0 Å². The van der Waals surface area contributed by atoms with Gasteiger partial charge in [0, 0.05) is 24.8 Å². The minimum atomic E-state index is 0.114. The van der Waals surface area contributed by atoms with Crippen LogP contribution in [0.5, 0.6) is 0 Å². The standard InChI is InChI=1S/C14H22N4O/c1-2-17-9-3-5-12(17)13-6-4-10-18(13)14(19)11-7-8-15-16-11/h7-8,12-13H,2-6,9-10H2,1H3,(H,15,16)/t12-,13-/m1/s1. The lowest BCUT2D eigenvalue weighted by atomic mass is 10.0. The van der Waals surface area contributed by atoms with E-state index in [9.17, 15) is 4.79 Å². The molecule has 2 saturated heterocycles. The highest BCUT2D eigenvalue weighted by molar-refractivity contribution is 5.92. The Labute approximate surface area is 114 Å². The molecule has 2 aliphatic rings. The normalized spacial score (nSPS) is 28.2. The second-order valence-corrected chi connectivity index (χ2v) is 5.52. The van der Waals surface area contributed by atoms with Gasteiger partial charge in [0.05, 0.1) is 0 Å². The number of nitrogens with zero attached hydrogens (tertiary/aromatic N) is 3. The molecule has 0 bridgehead atoms. The molecule has 5 heteroatoms. The Kier molecular flexibility index (Phi) is 3.55. The molecule has 3 heterocycles. The fourth-order valence-corrected chi connectivity index (χ4v) is 3.65. The molecule has 2 fully saturated rings. The molecular weight excluding hydrogens is 240 g/mol. The van der Waals surface area contributed by atoms with Crippen LogP contribution in [0, 0.1) is 0 Å². The molecule has 5 nitrogen and oxygen atoms in total. The van der Waals surface area contributed by atoms with Gasteiger partial charge in [-0.1, -0.05) is 6.92 Å². The van der Waals surface area contributed by atoms with Gasteiger partial charge in [-0.15, -0.1) is 0 Å². The topological polar surface area (TPSA) is 52.2 Å². The highest BCUT2D eigenvalue weighted by Gasteiger charge is 2.39. The van der Waals surface area contributed by atoms with Gasteiger partial charge >= 0.3 is 0 Å². The fraction of sp³-hybridized carbons (Fsp3) is 0.714. The van der Waals surface area contributed by atoms with Crippen molar-refractivity contribution in [1.82, 2.24) is 20.0 Å². The average Bonchev–Trinajstić information content (AvgIpc) is 3.16. The Balaban J connectivity index is 1.76. The first-order valence-electron chi connectivity index (χ1n) is 7.35. The molecule has 3 rings (SSSR count). The van der Waals surface area contributed by atoms with Crippen LogP contribution in [-0.4, -0.2) is 57.6 Å². The number of hydrogen-bond acceptors (Lipinski definition) is 3. The van der Waals surface area contributed by atoms with Crippen LogP contribution in [0.3, 0.4) is 0 Å². The summed E-state index contributed by atoms with van der Waals surface area (Å²) in [6, 6.07) is 2.71. The first-order valence-corrected chi connectivity index (χ1v) is 7.35. The fourth-order valence-electron chi connectivity index (χ4n) is 3.65. The highest BCUT2D eigenvalue weighted by Crippen LogP contribution is 2.30. The van der Waals surface area contributed by atoms with E-state index in [0.717, 1.165) is 25.9 Å². The van der Waals surface area contributed by atoms with E-state index in [-0.39, 0.29) is 5.91 Å². The van der Waals surface area contributed by atoms with E-state index in [1.54, 1.807) is 12.3 Å². The summed E-state index contributed by atoms with van der Waals surface area (Å²) < 4.78 is 0. The first-order chi connectivity index (χ1) is 9.31. The highest BCUT2D eigenvalue weighted by atomic mass is 16.2. The van der Waals surface area contributed by atoms with Crippen molar-refractivity contribution in [1.29, 1.82) is 0 Å². The maximum Gasteiger partial charge on any atom is 0.272 e. The monoisotopic (exact) mass is 262 g/mol. The van der Waals surface area contributed by atoms with Crippen molar-refractivity contribution in [2.24, 2.45) is 0 Å². The summed E-state index contributed by atoms with van der Waals surface area (Å²) >= 11 is 0. The number of likely N-dealkylation sites (tertiary alicyclic amines) is 2. The maximum absolute atomic E-state index is 12.5. The van der Waals surface area contributed by atoms with Gasteiger partial charge < -0.3 is 4.90 Å². The Morgan fingerprint density at radius 2 is 2.16 bits per heavy atom. The quantitative estimate of drug-likeness (QED) is 0.898. The van der Waals surface area contributed by atoms with Crippen LogP contribution < -0.4 is 0 Å². The minimum Gasteiger partial charge on any atom is -0.333 e. The lowest BCUT2D eigenvalue weighted by Crippen LogP contribution is -2.48. The lowest BCUT2D eigenvalue weighted by molar-refractivity contribution is 0.0644. The molecule has 1 amide bonds. The zero-order valence-electron chi connectivity index (χ0n) is 11.5. The van der Waals surface area contributed by atoms with Crippen molar-refractivity contribution < 1.29 is 4.79 Å². The summed E-state index contributed by atoms with van der Waals surface area (Å²) in [5.41, 5.74) is 0.618. The number of likely N-dealkylation sites (N-methyl/N-ethyl adjacent to an activating group) is 1. The minimum absolute atomic E-state index is 0.114. The molecular formula is C14H22N4O. The average molecular weight is 262 g/mol. The van der Waals surface area contributed by atoms with E-state index in [4.69, 9.17) is 0 Å². The number of carbonyl (C=O) groups is 1. The van der Waals surface area contributed by atoms with E-state index < -0.39 is 0 Å². The second-order valence-electron chi connectivity index (χ2n) is 5.52. The molecule has 1 N–H and O–H groups in total. The number of H-pyrrole nitrogens is 1. The van der Waals surface area contributed by atoms with Gasteiger partial charge in [-0.2, -0.15) is 5.10 Å². The van der Waals surface area contributed by atoms with Gasteiger partial charge in [-0.25, -0.2) is 0 Å². The van der Waals surface area contributed by atoms with Crippen molar-refractivity contribution in [2.45, 2.75) is 44.7 Å². The number of amides is 1. The number of aromatic amines is 1. The van der Waals surface area contributed by atoms with Crippen LogP contribution in [-0.2, 0) is 0 Å². The predicted octanol–water partition coefficient (Wildman–Crippen LogP) is 1.50. The molecule has 19 heavy (non-hydrogen) atoms. The molecule has 0 unspecified atom stereocenters. The predicted molar refractivity (Wildman–Crippen MR) is 72.9 cm³/mol. The Hall–Kier alpha value is -1.36. The Morgan fingerprint density at radius 3 is 2.89 bits per heavy atom. The summed E-state index contributed by atoms with van der Waals surface area (Å²) in [6.45, 7) is 5.38. The Bertz CT molecular complexity index is 431. The summed E-state index contributed by atoms with van der Waals surface area (Å²) in [7, 11) is 0.